The third-order valence-corrected chi connectivity index (χ3v) is 1.58. The van der Waals surface area contributed by atoms with Crippen LogP contribution in [0.3, 0.4) is 0 Å². The molecule has 0 amide bonds. The standard InChI is InChI=1S/C9H11NO4/c1-2-5-14-7-3-4-10(13)8(6-7)9(11)12/h3-4,6H,2,5H2,1H3,(H,11,12). The average molecular weight is 197 g/mol. The number of ether oxygens (including phenoxy) is 1. The highest BCUT2D eigenvalue weighted by atomic mass is 16.5. The zero-order valence-corrected chi connectivity index (χ0v) is 7.77. The topological polar surface area (TPSA) is 73.5 Å². The molecule has 0 unspecified atom stereocenters. The summed E-state index contributed by atoms with van der Waals surface area (Å²) >= 11 is 0. The van der Waals surface area contributed by atoms with E-state index < -0.39 is 5.97 Å². The van der Waals surface area contributed by atoms with Gasteiger partial charge in [0.2, 0.25) is 0 Å². The second-order valence-corrected chi connectivity index (χ2v) is 2.73. The molecule has 76 valence electrons. The summed E-state index contributed by atoms with van der Waals surface area (Å²) in [6.07, 6.45) is 1.95. The van der Waals surface area contributed by atoms with E-state index in [4.69, 9.17) is 9.84 Å². The normalized spacial score (nSPS) is 9.79. The molecule has 0 saturated heterocycles. The van der Waals surface area contributed by atoms with Gasteiger partial charge < -0.3 is 15.1 Å². The fraction of sp³-hybridized carbons (Fsp3) is 0.333. The van der Waals surface area contributed by atoms with Crippen molar-refractivity contribution in [1.29, 1.82) is 0 Å². The van der Waals surface area contributed by atoms with Gasteiger partial charge in [0.15, 0.2) is 6.20 Å². The number of carboxylic acids is 1. The number of rotatable bonds is 4. The minimum Gasteiger partial charge on any atom is -0.618 e. The first-order chi connectivity index (χ1) is 6.65. The summed E-state index contributed by atoms with van der Waals surface area (Å²) in [5.41, 5.74) is -0.335. The van der Waals surface area contributed by atoms with Crippen molar-refractivity contribution in [1.82, 2.24) is 0 Å². The van der Waals surface area contributed by atoms with E-state index in [0.717, 1.165) is 12.6 Å². The molecular weight excluding hydrogens is 186 g/mol. The molecule has 0 atom stereocenters. The van der Waals surface area contributed by atoms with Crippen molar-refractivity contribution >= 4 is 5.97 Å². The van der Waals surface area contributed by atoms with Crippen LogP contribution < -0.4 is 9.47 Å². The Morgan fingerprint density at radius 1 is 1.71 bits per heavy atom. The van der Waals surface area contributed by atoms with Gasteiger partial charge in [-0.3, -0.25) is 0 Å². The Labute approximate surface area is 81.1 Å². The van der Waals surface area contributed by atoms with Crippen molar-refractivity contribution in [2.24, 2.45) is 0 Å². The lowest BCUT2D eigenvalue weighted by molar-refractivity contribution is -0.608. The molecule has 0 aromatic carbocycles. The molecule has 0 radical (unpaired) electrons. The molecule has 0 aliphatic carbocycles. The molecule has 0 saturated carbocycles. The number of aromatic nitrogens is 1. The van der Waals surface area contributed by atoms with Gasteiger partial charge >= 0.3 is 11.7 Å². The molecule has 0 aliphatic heterocycles. The highest BCUT2D eigenvalue weighted by molar-refractivity contribution is 5.84. The number of aromatic carboxylic acids is 1. The van der Waals surface area contributed by atoms with Crippen molar-refractivity contribution in [3.63, 3.8) is 0 Å². The second-order valence-electron chi connectivity index (χ2n) is 2.73. The van der Waals surface area contributed by atoms with E-state index in [1.54, 1.807) is 0 Å². The number of pyridine rings is 1. The van der Waals surface area contributed by atoms with Gasteiger partial charge in [-0.05, 0) is 6.42 Å². The minimum atomic E-state index is -1.26. The molecule has 0 aliphatic rings. The van der Waals surface area contributed by atoms with E-state index in [2.05, 4.69) is 0 Å². The quantitative estimate of drug-likeness (QED) is 0.572. The maximum absolute atomic E-state index is 11.0. The van der Waals surface area contributed by atoms with Gasteiger partial charge in [-0.15, -0.1) is 0 Å². The predicted octanol–water partition coefficient (Wildman–Crippen LogP) is 0.807. The Hall–Kier alpha value is -1.78. The summed E-state index contributed by atoms with van der Waals surface area (Å²) in [7, 11) is 0. The second kappa shape index (κ2) is 4.45. The van der Waals surface area contributed by atoms with Crippen molar-refractivity contribution in [3.05, 3.63) is 29.2 Å². The molecule has 14 heavy (non-hydrogen) atoms. The minimum absolute atomic E-state index is 0.293. The number of carbonyl (C=O) groups is 1. The van der Waals surface area contributed by atoms with Crippen LogP contribution in [0.15, 0.2) is 18.3 Å². The van der Waals surface area contributed by atoms with Crippen molar-refractivity contribution < 1.29 is 19.4 Å². The fourth-order valence-corrected chi connectivity index (χ4v) is 0.934. The monoisotopic (exact) mass is 197 g/mol. The zero-order valence-electron chi connectivity index (χ0n) is 7.77. The van der Waals surface area contributed by atoms with Crippen LogP contribution in [0.25, 0.3) is 0 Å². The highest BCUT2D eigenvalue weighted by Gasteiger charge is 2.15. The maximum Gasteiger partial charge on any atom is 0.402 e. The SMILES string of the molecule is CCCOc1cc[n+]([O-])c(C(=O)O)c1. The number of hydrogen-bond acceptors (Lipinski definition) is 3. The third kappa shape index (κ3) is 2.35. The smallest absolute Gasteiger partial charge is 0.402 e. The summed E-state index contributed by atoms with van der Waals surface area (Å²) in [5.74, 6) is -0.863. The molecule has 1 aromatic heterocycles. The van der Waals surface area contributed by atoms with E-state index >= 15 is 0 Å². The van der Waals surface area contributed by atoms with Crippen LogP contribution in [0, 0.1) is 5.21 Å². The molecule has 1 aromatic rings. The summed E-state index contributed by atoms with van der Waals surface area (Å²) in [5, 5.41) is 19.6. The average Bonchev–Trinajstić information content (AvgIpc) is 2.16. The molecule has 1 N–H and O–H groups in total. The molecule has 1 heterocycles. The lowest BCUT2D eigenvalue weighted by atomic mass is 10.3. The Morgan fingerprint density at radius 2 is 2.43 bits per heavy atom. The van der Waals surface area contributed by atoms with E-state index in [-0.39, 0.29) is 5.69 Å². The molecular formula is C9H11NO4. The van der Waals surface area contributed by atoms with E-state index in [9.17, 15) is 10.0 Å². The summed E-state index contributed by atoms with van der Waals surface area (Å²) in [6, 6.07) is 2.65. The Bertz CT molecular complexity index is 338. The maximum atomic E-state index is 11.0. The molecule has 0 bridgehead atoms. The Kier molecular flexibility index (Phi) is 3.28. The van der Waals surface area contributed by atoms with Crippen LogP contribution in [-0.4, -0.2) is 17.7 Å². The van der Waals surface area contributed by atoms with Gasteiger partial charge in [0.25, 0.3) is 0 Å². The van der Waals surface area contributed by atoms with Crippen LogP contribution in [0.4, 0.5) is 0 Å². The molecule has 5 nitrogen and oxygen atoms in total. The van der Waals surface area contributed by atoms with Crippen molar-refractivity contribution in [2.75, 3.05) is 6.61 Å². The van der Waals surface area contributed by atoms with Gasteiger partial charge in [-0.2, -0.15) is 4.73 Å². The molecule has 0 spiro atoms. The van der Waals surface area contributed by atoms with Gasteiger partial charge in [0, 0.05) is 6.07 Å². The zero-order chi connectivity index (χ0) is 10.6. The largest absolute Gasteiger partial charge is 0.618 e. The van der Waals surface area contributed by atoms with Gasteiger partial charge in [-0.25, -0.2) is 4.79 Å². The van der Waals surface area contributed by atoms with Crippen LogP contribution in [0.2, 0.25) is 0 Å². The fourth-order valence-electron chi connectivity index (χ4n) is 0.934. The van der Waals surface area contributed by atoms with Crippen LogP contribution in [0.5, 0.6) is 5.75 Å². The Morgan fingerprint density at radius 3 is 3.00 bits per heavy atom. The van der Waals surface area contributed by atoms with Gasteiger partial charge in [0.05, 0.1) is 12.7 Å². The first kappa shape index (κ1) is 10.3. The van der Waals surface area contributed by atoms with Crippen LogP contribution in [0.1, 0.15) is 23.8 Å². The number of nitrogens with zero attached hydrogens (tertiary/aromatic N) is 1. The lowest BCUT2D eigenvalue weighted by Gasteiger charge is -2.05. The van der Waals surface area contributed by atoms with E-state index in [1.807, 2.05) is 6.92 Å². The first-order valence-electron chi connectivity index (χ1n) is 4.24. The predicted molar refractivity (Wildman–Crippen MR) is 48.1 cm³/mol. The summed E-state index contributed by atoms with van der Waals surface area (Å²) < 4.78 is 5.48. The third-order valence-electron chi connectivity index (χ3n) is 1.58. The van der Waals surface area contributed by atoms with Gasteiger partial charge in [-0.1, -0.05) is 6.92 Å². The van der Waals surface area contributed by atoms with Crippen molar-refractivity contribution in [2.45, 2.75) is 13.3 Å². The van der Waals surface area contributed by atoms with Crippen LogP contribution >= 0.6 is 0 Å². The lowest BCUT2D eigenvalue weighted by Crippen LogP contribution is -2.33. The summed E-state index contributed by atoms with van der Waals surface area (Å²) in [6.45, 7) is 2.44. The molecule has 1 rings (SSSR count). The van der Waals surface area contributed by atoms with Gasteiger partial charge in [0.1, 0.15) is 5.75 Å². The molecule has 0 fully saturated rings. The van der Waals surface area contributed by atoms with Crippen LogP contribution in [-0.2, 0) is 0 Å². The van der Waals surface area contributed by atoms with Crippen molar-refractivity contribution in [3.8, 4) is 5.75 Å². The highest BCUT2D eigenvalue weighted by Crippen LogP contribution is 2.09. The van der Waals surface area contributed by atoms with E-state index in [1.165, 1.54) is 12.1 Å². The Balaban J connectivity index is 2.89. The van der Waals surface area contributed by atoms with E-state index in [0.29, 0.717) is 17.1 Å². The molecule has 5 heteroatoms. The number of hydrogen-bond donors (Lipinski definition) is 1. The summed E-state index contributed by atoms with van der Waals surface area (Å²) in [4.78, 5) is 10.6. The first-order valence-corrected chi connectivity index (χ1v) is 4.24. The number of carboxylic acid groups (broad SMARTS) is 1.